The third kappa shape index (κ3) is 3.70. The second-order valence-corrected chi connectivity index (χ2v) is 0.948. The average molecular weight is 85.1 g/mol. The topological polar surface area (TPSA) is 9.23 Å². The van der Waals surface area contributed by atoms with E-state index in [1.54, 1.807) is 7.11 Å². The Morgan fingerprint density at radius 3 is 2.67 bits per heavy atom. The summed E-state index contributed by atoms with van der Waals surface area (Å²) >= 11 is 0. The molecule has 1 nitrogen and oxygen atoms in total. The van der Waals surface area contributed by atoms with Crippen molar-refractivity contribution in [2.24, 2.45) is 0 Å². The second kappa shape index (κ2) is 4.70. The fraction of sp³-hybridized carbons (Fsp3) is 0.600. The van der Waals surface area contributed by atoms with Crippen LogP contribution in [0.15, 0.2) is 6.08 Å². The van der Waals surface area contributed by atoms with Gasteiger partial charge in [0.05, 0.1) is 6.61 Å². The molecule has 0 atom stereocenters. The van der Waals surface area contributed by atoms with Crippen molar-refractivity contribution < 1.29 is 4.74 Å². The second-order valence-electron chi connectivity index (χ2n) is 0.948. The summed E-state index contributed by atoms with van der Waals surface area (Å²) in [5, 5.41) is 0. The van der Waals surface area contributed by atoms with Crippen LogP contribution in [0.3, 0.4) is 0 Å². The summed E-state index contributed by atoms with van der Waals surface area (Å²) in [4.78, 5) is 0. The molecule has 0 fully saturated rings. The van der Waals surface area contributed by atoms with Crippen LogP contribution < -0.4 is 0 Å². The molecular weight excluding hydrogens is 76.1 g/mol. The molecule has 0 rings (SSSR count). The lowest BCUT2D eigenvalue weighted by molar-refractivity contribution is 0.233. The van der Waals surface area contributed by atoms with Crippen LogP contribution in [0.2, 0.25) is 0 Å². The molecule has 0 spiro atoms. The minimum atomic E-state index is 0.677. The van der Waals surface area contributed by atoms with E-state index in [1.165, 1.54) is 0 Å². The number of allylic oxidation sites excluding steroid dienone is 1. The summed E-state index contributed by atoms with van der Waals surface area (Å²) in [7, 11) is 1.66. The van der Waals surface area contributed by atoms with E-state index in [0.29, 0.717) is 6.61 Å². The van der Waals surface area contributed by atoms with E-state index >= 15 is 0 Å². The fourth-order valence-electron chi connectivity index (χ4n) is 0.167. The van der Waals surface area contributed by atoms with Crippen molar-refractivity contribution in [1.82, 2.24) is 0 Å². The van der Waals surface area contributed by atoms with Crippen LogP contribution in [0.4, 0.5) is 0 Å². The lowest BCUT2D eigenvalue weighted by atomic mass is 10.6. The molecule has 0 amide bonds. The Balaban J connectivity index is 2.66. The van der Waals surface area contributed by atoms with Crippen LogP contribution in [0, 0.1) is 6.08 Å². The molecule has 0 aromatic rings. The van der Waals surface area contributed by atoms with E-state index in [2.05, 4.69) is 10.8 Å². The minimum absolute atomic E-state index is 0.677. The Morgan fingerprint density at radius 1 is 1.83 bits per heavy atom. The number of rotatable bonds is 2. The highest BCUT2D eigenvalue weighted by Gasteiger charge is 1.62. The maximum Gasteiger partial charge on any atom is 0.0649 e. The third-order valence-corrected chi connectivity index (χ3v) is 0.454. The summed E-state index contributed by atoms with van der Waals surface area (Å²) < 4.78 is 4.66. The Bertz CT molecular complexity index is 39.2. The van der Waals surface area contributed by atoms with Gasteiger partial charge < -0.3 is 4.74 Å². The van der Waals surface area contributed by atoms with Gasteiger partial charge in [0.15, 0.2) is 0 Å². The molecule has 0 aromatic heterocycles. The highest BCUT2D eigenvalue weighted by atomic mass is 16.5. The highest BCUT2D eigenvalue weighted by molar-refractivity contribution is 4.67. The summed E-state index contributed by atoms with van der Waals surface area (Å²) in [5.74, 6) is 0. The van der Waals surface area contributed by atoms with E-state index in [4.69, 9.17) is 0 Å². The zero-order valence-corrected chi connectivity index (χ0v) is 4.19. The molecule has 0 bridgehead atoms. The van der Waals surface area contributed by atoms with Gasteiger partial charge in [-0.2, -0.15) is 0 Å². The Kier molecular flexibility index (Phi) is 4.46. The van der Waals surface area contributed by atoms with Gasteiger partial charge in [-0.15, -0.1) is 0 Å². The molecule has 35 valence electrons. The molecular formula is C5H9O. The molecule has 0 saturated heterocycles. The smallest absolute Gasteiger partial charge is 0.0649 e. The van der Waals surface area contributed by atoms with Crippen LogP contribution in [-0.4, -0.2) is 13.7 Å². The van der Waals surface area contributed by atoms with Crippen molar-refractivity contribution >= 4 is 0 Å². The molecule has 0 aliphatic rings. The summed E-state index contributed by atoms with van der Waals surface area (Å²) in [6, 6.07) is 0. The van der Waals surface area contributed by atoms with Crippen LogP contribution in [-0.2, 0) is 4.74 Å². The molecule has 0 heterocycles. The van der Waals surface area contributed by atoms with Gasteiger partial charge in [0, 0.05) is 7.11 Å². The van der Waals surface area contributed by atoms with E-state index in [0.717, 1.165) is 0 Å². The largest absolute Gasteiger partial charge is 0.381 e. The van der Waals surface area contributed by atoms with Gasteiger partial charge in [-0.25, -0.2) is 0 Å². The highest BCUT2D eigenvalue weighted by Crippen LogP contribution is 1.67. The van der Waals surface area contributed by atoms with Crippen molar-refractivity contribution in [2.45, 2.75) is 6.92 Å². The van der Waals surface area contributed by atoms with Crippen molar-refractivity contribution in [3.63, 3.8) is 0 Å². The minimum Gasteiger partial charge on any atom is -0.381 e. The quantitative estimate of drug-likeness (QED) is 0.486. The third-order valence-electron chi connectivity index (χ3n) is 0.454. The van der Waals surface area contributed by atoms with E-state index in [-0.39, 0.29) is 0 Å². The monoisotopic (exact) mass is 85.1 g/mol. The number of hydrogen-bond donors (Lipinski definition) is 0. The first-order valence-electron chi connectivity index (χ1n) is 1.89. The van der Waals surface area contributed by atoms with Gasteiger partial charge >= 0.3 is 0 Å². The Morgan fingerprint density at radius 2 is 2.50 bits per heavy atom. The first kappa shape index (κ1) is 5.70. The van der Waals surface area contributed by atoms with E-state index in [1.807, 2.05) is 13.0 Å². The molecule has 0 N–H and O–H groups in total. The Labute approximate surface area is 38.6 Å². The zero-order chi connectivity index (χ0) is 4.83. The van der Waals surface area contributed by atoms with Gasteiger partial charge in [0.25, 0.3) is 0 Å². The van der Waals surface area contributed by atoms with Crippen molar-refractivity contribution in [2.75, 3.05) is 13.7 Å². The van der Waals surface area contributed by atoms with Crippen LogP contribution in [0.1, 0.15) is 6.92 Å². The molecule has 1 radical (unpaired) electrons. The van der Waals surface area contributed by atoms with Gasteiger partial charge in [-0.05, 0) is 6.92 Å². The summed E-state index contributed by atoms with van der Waals surface area (Å²) in [6.07, 6.45) is 4.65. The zero-order valence-electron chi connectivity index (χ0n) is 4.19. The molecule has 0 aliphatic carbocycles. The van der Waals surface area contributed by atoms with Crippen LogP contribution in [0.5, 0.6) is 0 Å². The van der Waals surface area contributed by atoms with E-state index in [9.17, 15) is 0 Å². The van der Waals surface area contributed by atoms with Crippen molar-refractivity contribution in [1.29, 1.82) is 0 Å². The predicted molar refractivity (Wildman–Crippen MR) is 25.4 cm³/mol. The number of methoxy groups -OCH3 is 1. The standard InChI is InChI=1S/C5H9O/c1-3-4-5-6-2/h4H,5H2,1-2H3. The SMILES string of the molecule is C/[C]=C/COC. The van der Waals surface area contributed by atoms with Gasteiger partial charge in [0.2, 0.25) is 0 Å². The maximum atomic E-state index is 4.66. The number of ether oxygens (including phenoxy) is 1. The van der Waals surface area contributed by atoms with E-state index < -0.39 is 0 Å². The fourth-order valence-corrected chi connectivity index (χ4v) is 0.167. The molecule has 1 heteroatoms. The normalized spacial score (nSPS) is 10.3. The Hall–Kier alpha value is -0.300. The summed E-state index contributed by atoms with van der Waals surface area (Å²) in [5.41, 5.74) is 0. The first-order valence-corrected chi connectivity index (χ1v) is 1.89. The molecule has 0 aromatic carbocycles. The van der Waals surface area contributed by atoms with Crippen LogP contribution in [0.25, 0.3) is 0 Å². The number of hydrogen-bond acceptors (Lipinski definition) is 1. The summed E-state index contributed by atoms with van der Waals surface area (Å²) in [6.45, 7) is 2.52. The maximum absolute atomic E-state index is 4.66. The van der Waals surface area contributed by atoms with Crippen LogP contribution >= 0.6 is 0 Å². The van der Waals surface area contributed by atoms with Crippen molar-refractivity contribution in [3.8, 4) is 0 Å². The van der Waals surface area contributed by atoms with Gasteiger partial charge in [-0.3, -0.25) is 0 Å². The molecule has 0 saturated carbocycles. The van der Waals surface area contributed by atoms with Gasteiger partial charge in [0.1, 0.15) is 0 Å². The lowest BCUT2D eigenvalue weighted by Gasteiger charge is -1.81. The average Bonchev–Trinajstić information content (AvgIpc) is 1.61. The predicted octanol–water partition coefficient (Wildman–Crippen LogP) is 1.01. The molecule has 6 heavy (non-hydrogen) atoms. The lowest BCUT2D eigenvalue weighted by Crippen LogP contribution is -1.78. The first-order chi connectivity index (χ1) is 2.91. The van der Waals surface area contributed by atoms with Crippen molar-refractivity contribution in [3.05, 3.63) is 12.2 Å². The van der Waals surface area contributed by atoms with Gasteiger partial charge in [-0.1, -0.05) is 12.2 Å². The molecule has 0 aliphatic heterocycles. The molecule has 0 unspecified atom stereocenters.